The van der Waals surface area contributed by atoms with Crippen LogP contribution in [-0.4, -0.2) is 43.2 Å². The third-order valence-electron chi connectivity index (χ3n) is 4.47. The molecule has 1 unspecified atom stereocenters. The van der Waals surface area contributed by atoms with Gasteiger partial charge in [-0.1, -0.05) is 0 Å². The van der Waals surface area contributed by atoms with Crippen molar-refractivity contribution in [2.45, 2.75) is 19.5 Å². The summed E-state index contributed by atoms with van der Waals surface area (Å²) in [5, 5.41) is 13.3. The fourth-order valence-corrected chi connectivity index (χ4v) is 3.31. The summed E-state index contributed by atoms with van der Waals surface area (Å²) in [4.78, 5) is 6.52. The predicted octanol–water partition coefficient (Wildman–Crippen LogP) is 3.46. The van der Waals surface area contributed by atoms with Crippen LogP contribution in [0.25, 0.3) is 10.9 Å². The number of rotatable bonds is 5. The first kappa shape index (κ1) is 17.4. The number of likely N-dealkylation sites (tertiary alicyclic amines) is 1. The zero-order valence-electron chi connectivity index (χ0n) is 14.0. The quantitative estimate of drug-likeness (QED) is 0.898. The van der Waals surface area contributed by atoms with Crippen LogP contribution in [-0.2, 0) is 0 Å². The van der Waals surface area contributed by atoms with Crippen molar-refractivity contribution < 1.29 is 13.5 Å². The van der Waals surface area contributed by atoms with Gasteiger partial charge < -0.3 is 15.0 Å². The fraction of sp³-hybridized carbons (Fsp3) is 0.444. The normalized spacial score (nSPS) is 18.3. The van der Waals surface area contributed by atoms with Gasteiger partial charge in [-0.25, -0.2) is 0 Å². The summed E-state index contributed by atoms with van der Waals surface area (Å²) in [6.45, 7) is -0.0685. The first-order valence-electron chi connectivity index (χ1n) is 8.27. The van der Waals surface area contributed by atoms with E-state index in [4.69, 9.17) is 0 Å². The van der Waals surface area contributed by atoms with Gasteiger partial charge in [0.1, 0.15) is 11.8 Å². The number of fused-ring (bicyclic) bond motifs is 1. The van der Waals surface area contributed by atoms with Crippen molar-refractivity contribution >= 4 is 16.6 Å². The minimum Gasteiger partial charge on any atom is -0.435 e. The molecule has 1 N–H and O–H groups in total. The lowest BCUT2D eigenvalue weighted by molar-refractivity contribution is -0.0497. The second-order valence-electron chi connectivity index (χ2n) is 6.37. The highest BCUT2D eigenvalue weighted by atomic mass is 19.3. The Morgan fingerprint density at radius 1 is 1.48 bits per heavy atom. The molecule has 25 heavy (non-hydrogen) atoms. The molecular formula is C18H20F2N4O. The molecular weight excluding hydrogens is 326 g/mol. The van der Waals surface area contributed by atoms with Gasteiger partial charge in [-0.05, 0) is 50.6 Å². The summed E-state index contributed by atoms with van der Waals surface area (Å²) >= 11 is 0. The Morgan fingerprint density at radius 3 is 3.04 bits per heavy atom. The Labute approximate surface area is 145 Å². The number of piperidine rings is 1. The molecule has 1 fully saturated rings. The van der Waals surface area contributed by atoms with Gasteiger partial charge in [-0.15, -0.1) is 0 Å². The Kier molecular flexibility index (Phi) is 5.29. The molecule has 1 aromatic carbocycles. The molecule has 1 atom stereocenters. The van der Waals surface area contributed by atoms with E-state index < -0.39 is 6.61 Å². The van der Waals surface area contributed by atoms with Crippen LogP contribution in [0.2, 0.25) is 0 Å². The minimum absolute atomic E-state index is 0.0554. The summed E-state index contributed by atoms with van der Waals surface area (Å²) in [6, 6.07) is 6.70. The van der Waals surface area contributed by atoms with Crippen molar-refractivity contribution in [1.82, 2.24) is 9.88 Å². The van der Waals surface area contributed by atoms with Crippen molar-refractivity contribution in [3.8, 4) is 11.8 Å². The van der Waals surface area contributed by atoms with Crippen LogP contribution in [0.1, 0.15) is 18.4 Å². The topological polar surface area (TPSA) is 61.2 Å². The van der Waals surface area contributed by atoms with Crippen LogP contribution in [0.5, 0.6) is 5.75 Å². The number of anilines is 1. The Bertz CT molecular complexity index is 790. The minimum atomic E-state index is -2.89. The highest BCUT2D eigenvalue weighted by Crippen LogP contribution is 2.30. The lowest BCUT2D eigenvalue weighted by Gasteiger charge is -2.30. The molecule has 0 spiro atoms. The zero-order chi connectivity index (χ0) is 17.8. The second-order valence-corrected chi connectivity index (χ2v) is 6.37. The molecule has 2 heterocycles. The molecule has 1 aromatic heterocycles. The largest absolute Gasteiger partial charge is 0.435 e. The molecule has 1 saturated heterocycles. The van der Waals surface area contributed by atoms with Gasteiger partial charge in [0.15, 0.2) is 0 Å². The molecule has 0 aliphatic carbocycles. The highest BCUT2D eigenvalue weighted by Gasteiger charge is 2.18. The molecule has 0 amide bonds. The fourth-order valence-electron chi connectivity index (χ4n) is 3.31. The van der Waals surface area contributed by atoms with Crippen LogP contribution in [0.4, 0.5) is 14.5 Å². The highest BCUT2D eigenvalue weighted by molar-refractivity contribution is 5.94. The van der Waals surface area contributed by atoms with Crippen molar-refractivity contribution in [3.05, 3.63) is 30.0 Å². The van der Waals surface area contributed by atoms with Gasteiger partial charge >= 0.3 is 6.61 Å². The van der Waals surface area contributed by atoms with E-state index in [1.165, 1.54) is 18.3 Å². The maximum Gasteiger partial charge on any atom is 0.387 e. The predicted molar refractivity (Wildman–Crippen MR) is 91.8 cm³/mol. The summed E-state index contributed by atoms with van der Waals surface area (Å²) in [5.74, 6) is 0.536. The molecule has 0 radical (unpaired) electrons. The van der Waals surface area contributed by atoms with E-state index in [0.29, 0.717) is 28.1 Å². The van der Waals surface area contributed by atoms with Crippen LogP contribution in [0, 0.1) is 17.2 Å². The van der Waals surface area contributed by atoms with E-state index in [0.717, 1.165) is 32.5 Å². The number of ether oxygens (including phenoxy) is 1. The van der Waals surface area contributed by atoms with Gasteiger partial charge in [0.25, 0.3) is 0 Å². The van der Waals surface area contributed by atoms with E-state index in [2.05, 4.69) is 33.1 Å². The Balaban J connectivity index is 1.89. The SMILES string of the molecule is CN1CCCC(CNc2c(C#N)cnc3ccc(OC(F)F)cc23)C1. The first-order valence-corrected chi connectivity index (χ1v) is 8.27. The van der Waals surface area contributed by atoms with E-state index in [9.17, 15) is 14.0 Å². The second kappa shape index (κ2) is 7.62. The van der Waals surface area contributed by atoms with Crippen molar-refractivity contribution in [2.75, 3.05) is 32.0 Å². The molecule has 132 valence electrons. The number of nitrogens with zero attached hydrogens (tertiary/aromatic N) is 3. The Morgan fingerprint density at radius 2 is 2.32 bits per heavy atom. The number of halogens is 2. The van der Waals surface area contributed by atoms with E-state index >= 15 is 0 Å². The maximum atomic E-state index is 12.5. The summed E-state index contributed by atoms with van der Waals surface area (Å²) in [5.41, 5.74) is 1.65. The molecule has 0 saturated carbocycles. The lowest BCUT2D eigenvalue weighted by atomic mass is 9.98. The van der Waals surface area contributed by atoms with Crippen molar-refractivity contribution in [3.63, 3.8) is 0 Å². The van der Waals surface area contributed by atoms with E-state index in [1.54, 1.807) is 6.07 Å². The zero-order valence-corrected chi connectivity index (χ0v) is 14.0. The van der Waals surface area contributed by atoms with Crippen LogP contribution in [0.15, 0.2) is 24.4 Å². The first-order chi connectivity index (χ1) is 12.1. The number of benzene rings is 1. The lowest BCUT2D eigenvalue weighted by Crippen LogP contribution is -2.35. The number of pyridine rings is 1. The standard InChI is InChI=1S/C18H20F2N4O/c1-24-6-2-3-12(11-24)9-23-17-13(8-21)10-22-16-5-4-14(7-15(16)17)25-18(19)20/h4-5,7,10,12,18H,2-3,6,9,11H2,1H3,(H,22,23). The third kappa shape index (κ3) is 4.15. The number of nitriles is 1. The van der Waals surface area contributed by atoms with E-state index in [1.807, 2.05) is 0 Å². The molecule has 1 aliphatic heterocycles. The van der Waals surface area contributed by atoms with Gasteiger partial charge in [0.2, 0.25) is 0 Å². The van der Waals surface area contributed by atoms with Crippen LogP contribution in [0.3, 0.4) is 0 Å². The molecule has 2 aromatic rings. The number of alkyl halides is 2. The average molecular weight is 346 g/mol. The van der Waals surface area contributed by atoms with Crippen LogP contribution >= 0.6 is 0 Å². The number of aromatic nitrogens is 1. The molecule has 0 bridgehead atoms. The average Bonchev–Trinajstić information content (AvgIpc) is 2.59. The van der Waals surface area contributed by atoms with Gasteiger partial charge in [-0.3, -0.25) is 4.98 Å². The monoisotopic (exact) mass is 346 g/mol. The molecule has 5 nitrogen and oxygen atoms in total. The third-order valence-corrected chi connectivity index (χ3v) is 4.47. The van der Waals surface area contributed by atoms with Gasteiger partial charge in [0, 0.05) is 24.7 Å². The van der Waals surface area contributed by atoms with Crippen molar-refractivity contribution in [2.24, 2.45) is 5.92 Å². The van der Waals surface area contributed by atoms with Crippen molar-refractivity contribution in [1.29, 1.82) is 5.26 Å². The van der Waals surface area contributed by atoms with Gasteiger partial charge in [-0.2, -0.15) is 14.0 Å². The summed E-state index contributed by atoms with van der Waals surface area (Å²) in [7, 11) is 2.10. The van der Waals surface area contributed by atoms with Gasteiger partial charge in [0.05, 0.1) is 16.8 Å². The smallest absolute Gasteiger partial charge is 0.387 e. The number of hydrogen-bond donors (Lipinski definition) is 1. The summed E-state index contributed by atoms with van der Waals surface area (Å²) < 4.78 is 29.4. The number of hydrogen-bond acceptors (Lipinski definition) is 5. The summed E-state index contributed by atoms with van der Waals surface area (Å²) in [6.07, 6.45) is 3.78. The van der Waals surface area contributed by atoms with Crippen LogP contribution < -0.4 is 10.1 Å². The number of nitrogens with one attached hydrogen (secondary N) is 1. The molecule has 3 rings (SSSR count). The maximum absolute atomic E-state index is 12.5. The molecule has 1 aliphatic rings. The molecule has 7 heteroatoms. The Hall–Kier alpha value is -2.46. The van der Waals surface area contributed by atoms with E-state index in [-0.39, 0.29) is 5.75 Å².